The largest absolute Gasteiger partial charge is 0.494 e. The first-order chi connectivity index (χ1) is 13.4. The van der Waals surface area contributed by atoms with Crippen molar-refractivity contribution in [2.75, 3.05) is 32.8 Å². The normalized spacial score (nSPS) is 15.4. The zero-order valence-electron chi connectivity index (χ0n) is 16.3. The molecule has 0 saturated carbocycles. The average molecular weight is 403 g/mol. The summed E-state index contributed by atoms with van der Waals surface area (Å²) in [5.41, 5.74) is 1.57. The van der Waals surface area contributed by atoms with Crippen LogP contribution in [0.15, 0.2) is 53.4 Å². The summed E-state index contributed by atoms with van der Waals surface area (Å²) >= 11 is 0. The maximum atomic E-state index is 12.8. The second kappa shape index (κ2) is 8.75. The summed E-state index contributed by atoms with van der Waals surface area (Å²) in [6.07, 6.45) is 0.898. The van der Waals surface area contributed by atoms with Gasteiger partial charge in [-0.25, -0.2) is 8.42 Å². The molecule has 1 fully saturated rings. The van der Waals surface area contributed by atoms with Crippen LogP contribution in [-0.4, -0.2) is 56.3 Å². The summed E-state index contributed by atoms with van der Waals surface area (Å²) in [5, 5.41) is 0. The van der Waals surface area contributed by atoms with Crippen molar-refractivity contribution in [1.29, 1.82) is 0 Å². The van der Waals surface area contributed by atoms with E-state index in [0.29, 0.717) is 35.9 Å². The fourth-order valence-corrected chi connectivity index (χ4v) is 4.53. The number of benzene rings is 2. The molecule has 28 heavy (non-hydrogen) atoms. The number of hydrogen-bond acceptors (Lipinski definition) is 4. The third-order valence-electron chi connectivity index (χ3n) is 4.74. The summed E-state index contributed by atoms with van der Waals surface area (Å²) in [6, 6.07) is 14.0. The molecule has 6 nitrogen and oxygen atoms in total. The number of hydrogen-bond donors (Lipinski definition) is 0. The maximum absolute atomic E-state index is 12.8. The third-order valence-corrected chi connectivity index (χ3v) is 6.65. The molecule has 150 valence electrons. The molecule has 0 aromatic heterocycles. The van der Waals surface area contributed by atoms with E-state index in [1.165, 1.54) is 4.31 Å². The van der Waals surface area contributed by atoms with Crippen LogP contribution in [0.1, 0.15) is 29.3 Å². The molecule has 1 amide bonds. The molecule has 0 spiro atoms. The molecule has 0 atom stereocenters. The Kier molecular flexibility index (Phi) is 6.36. The van der Waals surface area contributed by atoms with E-state index in [9.17, 15) is 13.2 Å². The second-order valence-corrected chi connectivity index (χ2v) is 8.82. The number of aryl methyl sites for hydroxylation is 1. The van der Waals surface area contributed by atoms with E-state index < -0.39 is 10.0 Å². The van der Waals surface area contributed by atoms with Crippen LogP contribution in [0.2, 0.25) is 0 Å². The molecule has 2 aromatic rings. The van der Waals surface area contributed by atoms with Crippen molar-refractivity contribution in [3.05, 3.63) is 59.7 Å². The van der Waals surface area contributed by atoms with E-state index in [1.807, 2.05) is 19.9 Å². The highest BCUT2D eigenvalue weighted by Crippen LogP contribution is 2.20. The van der Waals surface area contributed by atoms with Crippen LogP contribution in [0, 0.1) is 6.92 Å². The van der Waals surface area contributed by atoms with Gasteiger partial charge in [0.1, 0.15) is 5.75 Å². The van der Waals surface area contributed by atoms with Gasteiger partial charge in [0.05, 0.1) is 11.5 Å². The molecule has 2 aromatic carbocycles. The van der Waals surface area contributed by atoms with E-state index in [0.717, 1.165) is 12.0 Å². The minimum Gasteiger partial charge on any atom is -0.494 e. The minimum absolute atomic E-state index is 0.102. The van der Waals surface area contributed by atoms with Crippen molar-refractivity contribution in [1.82, 2.24) is 9.21 Å². The first-order valence-electron chi connectivity index (χ1n) is 9.51. The number of piperazine rings is 1. The van der Waals surface area contributed by atoms with Gasteiger partial charge in [-0.3, -0.25) is 4.79 Å². The Bertz CT molecular complexity index is 918. The smallest absolute Gasteiger partial charge is 0.254 e. The van der Waals surface area contributed by atoms with Crippen LogP contribution in [0.4, 0.5) is 0 Å². The fourth-order valence-electron chi connectivity index (χ4n) is 3.11. The highest BCUT2D eigenvalue weighted by Gasteiger charge is 2.30. The Morgan fingerprint density at radius 3 is 2.36 bits per heavy atom. The van der Waals surface area contributed by atoms with Gasteiger partial charge < -0.3 is 9.64 Å². The number of amides is 1. The second-order valence-electron chi connectivity index (χ2n) is 6.89. The van der Waals surface area contributed by atoms with E-state index in [2.05, 4.69) is 0 Å². The van der Waals surface area contributed by atoms with Crippen LogP contribution in [0.25, 0.3) is 0 Å². The Labute approximate surface area is 166 Å². The Morgan fingerprint density at radius 2 is 1.71 bits per heavy atom. The number of carbonyl (C=O) groups excluding carboxylic acids is 1. The van der Waals surface area contributed by atoms with Crippen LogP contribution in [0.5, 0.6) is 5.75 Å². The van der Waals surface area contributed by atoms with E-state index in [-0.39, 0.29) is 19.0 Å². The maximum Gasteiger partial charge on any atom is 0.254 e. The predicted octanol–water partition coefficient (Wildman–Crippen LogP) is 2.93. The van der Waals surface area contributed by atoms with Crippen molar-refractivity contribution < 1.29 is 17.9 Å². The highest BCUT2D eigenvalue weighted by molar-refractivity contribution is 7.89. The number of nitrogens with zero attached hydrogens (tertiary/aromatic N) is 2. The number of ether oxygens (including phenoxy) is 1. The van der Waals surface area contributed by atoms with Gasteiger partial charge in [0.2, 0.25) is 10.0 Å². The van der Waals surface area contributed by atoms with Crippen molar-refractivity contribution in [3.8, 4) is 5.75 Å². The highest BCUT2D eigenvalue weighted by atomic mass is 32.2. The number of carbonyl (C=O) groups is 1. The van der Waals surface area contributed by atoms with Gasteiger partial charge in [-0.05, 0) is 43.7 Å². The predicted molar refractivity (Wildman–Crippen MR) is 108 cm³/mol. The summed E-state index contributed by atoms with van der Waals surface area (Å²) in [4.78, 5) is 14.8. The fraction of sp³-hybridized carbons (Fsp3) is 0.381. The van der Waals surface area contributed by atoms with Gasteiger partial charge in [-0.2, -0.15) is 4.31 Å². The quantitative estimate of drug-likeness (QED) is 0.745. The van der Waals surface area contributed by atoms with Crippen molar-refractivity contribution in [2.45, 2.75) is 25.2 Å². The van der Waals surface area contributed by atoms with Crippen molar-refractivity contribution in [3.63, 3.8) is 0 Å². The molecule has 0 bridgehead atoms. The van der Waals surface area contributed by atoms with Gasteiger partial charge in [-0.1, -0.05) is 30.7 Å². The van der Waals surface area contributed by atoms with E-state index in [4.69, 9.17) is 4.74 Å². The molecule has 1 aliphatic rings. The zero-order chi connectivity index (χ0) is 20.1. The lowest BCUT2D eigenvalue weighted by Gasteiger charge is -2.34. The SMILES string of the molecule is CCCOc1cccc(C(=O)N2CCN(S(=O)(=O)c3ccc(C)cc3)CC2)c1. The van der Waals surface area contributed by atoms with Crippen LogP contribution in [-0.2, 0) is 10.0 Å². The van der Waals surface area contributed by atoms with E-state index in [1.54, 1.807) is 47.4 Å². The molecular formula is C21H26N2O4S. The van der Waals surface area contributed by atoms with Crippen LogP contribution in [0.3, 0.4) is 0 Å². The molecule has 0 unspecified atom stereocenters. The molecule has 1 saturated heterocycles. The molecule has 0 radical (unpaired) electrons. The molecule has 7 heteroatoms. The average Bonchev–Trinajstić information content (AvgIpc) is 2.72. The Hall–Kier alpha value is -2.38. The molecular weight excluding hydrogens is 376 g/mol. The lowest BCUT2D eigenvalue weighted by molar-refractivity contribution is 0.0697. The standard InChI is InChI=1S/C21H26N2O4S/c1-3-15-27-19-6-4-5-18(16-19)21(24)22-11-13-23(14-12-22)28(25,26)20-9-7-17(2)8-10-20/h4-10,16H,3,11-15H2,1-2H3. The summed E-state index contributed by atoms with van der Waals surface area (Å²) in [6.45, 7) is 5.85. The van der Waals surface area contributed by atoms with E-state index >= 15 is 0 Å². The summed E-state index contributed by atoms with van der Waals surface area (Å²) in [5.74, 6) is 0.572. The van der Waals surface area contributed by atoms with Crippen molar-refractivity contribution in [2.24, 2.45) is 0 Å². The van der Waals surface area contributed by atoms with Gasteiger partial charge in [-0.15, -0.1) is 0 Å². The molecule has 0 aliphatic carbocycles. The lowest BCUT2D eigenvalue weighted by Crippen LogP contribution is -2.50. The molecule has 1 heterocycles. The molecule has 3 rings (SSSR count). The van der Waals surface area contributed by atoms with Gasteiger partial charge in [0.25, 0.3) is 5.91 Å². The van der Waals surface area contributed by atoms with Gasteiger partial charge in [0, 0.05) is 31.7 Å². The molecule has 1 aliphatic heterocycles. The van der Waals surface area contributed by atoms with Gasteiger partial charge in [0.15, 0.2) is 0 Å². The molecule has 0 N–H and O–H groups in total. The van der Waals surface area contributed by atoms with Crippen molar-refractivity contribution >= 4 is 15.9 Å². The minimum atomic E-state index is -3.53. The van der Waals surface area contributed by atoms with Crippen LogP contribution >= 0.6 is 0 Å². The summed E-state index contributed by atoms with van der Waals surface area (Å²) < 4.78 is 32.6. The zero-order valence-corrected chi connectivity index (χ0v) is 17.1. The summed E-state index contributed by atoms with van der Waals surface area (Å²) in [7, 11) is -3.53. The monoisotopic (exact) mass is 402 g/mol. The first kappa shape index (κ1) is 20.4. The van der Waals surface area contributed by atoms with Crippen LogP contribution < -0.4 is 4.74 Å². The topological polar surface area (TPSA) is 66.9 Å². The number of sulfonamides is 1. The lowest BCUT2D eigenvalue weighted by atomic mass is 10.1. The van der Waals surface area contributed by atoms with Gasteiger partial charge >= 0.3 is 0 Å². The first-order valence-corrected chi connectivity index (χ1v) is 10.9. The Balaban J connectivity index is 1.65. The Morgan fingerprint density at radius 1 is 1.04 bits per heavy atom. The third kappa shape index (κ3) is 4.54. The number of rotatable bonds is 6.